The Balaban J connectivity index is 0.920. The van der Waals surface area contributed by atoms with Crippen LogP contribution >= 0.6 is 18.9 Å². The molecule has 2 heterocycles. The zero-order valence-electron chi connectivity index (χ0n) is 47.6. The number of carbonyl (C=O) groups excluding carboxylic acids is 3. The van der Waals surface area contributed by atoms with E-state index in [-0.39, 0.29) is 48.2 Å². The Hall–Kier alpha value is -6.52. The van der Waals surface area contributed by atoms with E-state index in [9.17, 15) is 58.7 Å². The fraction of sp³-hybridized carbons (Fsp3) is 0.431. The Morgan fingerprint density at radius 2 is 1.19 bits per heavy atom. The van der Waals surface area contributed by atoms with E-state index < -0.39 is 60.1 Å². The fourth-order valence-corrected chi connectivity index (χ4v) is 15.5. The van der Waals surface area contributed by atoms with Crippen LogP contribution in [-0.2, 0) is 32.9 Å². The van der Waals surface area contributed by atoms with E-state index in [4.69, 9.17) is 20.8 Å². The lowest BCUT2D eigenvalue weighted by molar-refractivity contribution is -0.139. The number of anilines is 1. The van der Waals surface area contributed by atoms with Crippen LogP contribution in [-0.4, -0.2) is 54.2 Å². The largest absolute Gasteiger partial charge is 0.481 e. The fourth-order valence-electron chi connectivity index (χ4n) is 10.9. The van der Waals surface area contributed by atoms with Gasteiger partial charge in [0.05, 0.1) is 27.9 Å². The Labute approximate surface area is 495 Å². The van der Waals surface area contributed by atoms with E-state index in [2.05, 4.69) is 17.2 Å². The quantitative estimate of drug-likeness (QED) is 0.0180. The molecule has 20 heteroatoms. The van der Waals surface area contributed by atoms with Crippen molar-refractivity contribution in [3.63, 3.8) is 0 Å². The number of ether oxygens (including phenoxy) is 1. The van der Waals surface area contributed by atoms with Crippen molar-refractivity contribution >= 4 is 75.4 Å². The van der Waals surface area contributed by atoms with E-state index in [1.807, 2.05) is 0 Å². The van der Waals surface area contributed by atoms with Gasteiger partial charge < -0.3 is 19.4 Å². The van der Waals surface area contributed by atoms with Gasteiger partial charge in [0.15, 0.2) is 6.10 Å². The molecular weight excluding hydrogens is 1160 g/mol. The van der Waals surface area contributed by atoms with Crippen molar-refractivity contribution in [1.82, 2.24) is 4.90 Å². The van der Waals surface area contributed by atoms with Crippen molar-refractivity contribution in [1.29, 1.82) is 0 Å². The number of carbonyl (C=O) groups is 3. The Morgan fingerprint density at radius 3 is 1.72 bits per heavy atom. The molecule has 1 fully saturated rings. The maximum absolute atomic E-state index is 13.8. The number of fused-ring (bicyclic) bond motifs is 1. The second-order valence-electron chi connectivity index (χ2n) is 21.8. The average molecular weight is 1230 g/mol. The number of nitrogens with one attached hydrogen (secondary N) is 1. The molecule has 456 valence electrons. The molecule has 2 atom stereocenters. The van der Waals surface area contributed by atoms with Gasteiger partial charge in [-0.05, 0) is 143 Å². The van der Waals surface area contributed by atoms with Crippen LogP contribution in [0.5, 0.6) is 5.75 Å². The summed E-state index contributed by atoms with van der Waals surface area (Å²) in [5.41, 5.74) is -1.79. The van der Waals surface area contributed by atoms with Gasteiger partial charge in [-0.15, -0.1) is 0 Å². The van der Waals surface area contributed by atoms with Gasteiger partial charge >= 0.3 is 24.2 Å². The van der Waals surface area contributed by atoms with Crippen LogP contribution in [0.15, 0.2) is 129 Å². The number of alkyl halides is 9. The minimum Gasteiger partial charge on any atom is -0.481 e. The third-order valence-corrected chi connectivity index (χ3v) is 20.3. The molecule has 3 amide bonds. The molecule has 0 radical (unpaired) electrons. The standard InChI is InChI=1S/C65H70ClF9N3O6P/c1-3-4-5-6-7-8-9-10-11-12-14-20-60(80)77-49-27-35-54(57(66)39-49)56-41-61(81)84-58-40-50(28-36-55(56)58)83-44(2)62(82)78-37-17-18-45(43-78)42-76-59(79)19-15-13-16-38-85(51-29-21-46(22-30-51)63(67,68)69,52-31-23-47(24-32-52)64(70,71)72)53-33-25-48(26-34-53)65(73,74)75/h21-36,39-42,44-45H,3-20,37-38,43H2,1-2H3/p+1/t44-,45?/m1/s1. The molecule has 1 N–H and O–H groups in total. The molecule has 6 aromatic rings. The number of hydrogen-bond acceptors (Lipinski definition) is 6. The summed E-state index contributed by atoms with van der Waals surface area (Å²) >= 11 is 6.77. The van der Waals surface area contributed by atoms with Crippen molar-refractivity contribution in [2.45, 2.75) is 154 Å². The summed E-state index contributed by atoms with van der Waals surface area (Å²) in [5, 5.41) is 4.75. The molecule has 85 heavy (non-hydrogen) atoms. The second-order valence-corrected chi connectivity index (χ2v) is 25.8. The lowest BCUT2D eigenvalue weighted by atomic mass is 9.99. The van der Waals surface area contributed by atoms with Gasteiger partial charge in [-0.2, -0.15) is 39.5 Å². The van der Waals surface area contributed by atoms with Crippen LogP contribution < -0.4 is 31.6 Å². The number of aliphatic imine (C=N–C) groups is 1. The van der Waals surface area contributed by atoms with E-state index >= 15 is 0 Å². The highest BCUT2D eigenvalue weighted by molar-refractivity contribution is 7.95. The number of hydrogen-bond donors (Lipinski definition) is 1. The molecule has 1 saturated heterocycles. The topological polar surface area (TPSA) is 118 Å². The lowest BCUT2D eigenvalue weighted by Gasteiger charge is -2.32. The summed E-state index contributed by atoms with van der Waals surface area (Å²) in [6, 6.07) is 23.7. The molecule has 1 aliphatic rings. The first-order valence-electron chi connectivity index (χ1n) is 29.1. The van der Waals surface area contributed by atoms with Crippen LogP contribution in [0.3, 0.4) is 0 Å². The first-order valence-corrected chi connectivity index (χ1v) is 31.4. The van der Waals surface area contributed by atoms with Gasteiger partial charge in [0, 0.05) is 72.4 Å². The van der Waals surface area contributed by atoms with Crippen molar-refractivity contribution in [2.24, 2.45) is 10.9 Å². The number of nitrogens with zero attached hydrogens (tertiary/aromatic N) is 2. The van der Waals surface area contributed by atoms with Crippen LogP contribution in [0.2, 0.25) is 5.02 Å². The van der Waals surface area contributed by atoms with Crippen LogP contribution in [0.25, 0.3) is 22.1 Å². The third kappa shape index (κ3) is 18.5. The van der Waals surface area contributed by atoms with E-state index in [1.54, 1.807) is 42.2 Å². The van der Waals surface area contributed by atoms with E-state index in [0.717, 1.165) is 55.7 Å². The Kier molecular flexibility index (Phi) is 23.5. The minimum atomic E-state index is -4.71. The van der Waals surface area contributed by atoms with Crippen molar-refractivity contribution < 1.29 is 63.1 Å². The number of unbranched alkanes of at least 4 members (excludes halogenated alkanes) is 12. The maximum Gasteiger partial charge on any atom is 0.416 e. The van der Waals surface area contributed by atoms with Crippen LogP contribution in [0.1, 0.15) is 146 Å². The number of amides is 3. The minimum absolute atomic E-state index is 0.00504. The Morgan fingerprint density at radius 1 is 0.671 bits per heavy atom. The van der Waals surface area contributed by atoms with Gasteiger partial charge in [0.1, 0.15) is 34.5 Å². The lowest BCUT2D eigenvalue weighted by Crippen LogP contribution is -2.46. The SMILES string of the molecule is CCCCCCCCCCCCCC(=O)Nc1ccc(-c2cc(=O)oc3cc(O[C@H](C)C(=O)N4CCCC(C=NC(=O)CCCCC[P+](c5ccc(C(F)(F)F)cc5)(c5ccc(C(F)(F)F)cc5)c5ccc(C(F)(F)F)cc5)C4)ccc23)c(Cl)c1. The second kappa shape index (κ2) is 30.2. The van der Waals surface area contributed by atoms with Crippen LogP contribution in [0.4, 0.5) is 45.2 Å². The van der Waals surface area contributed by atoms with Crippen molar-refractivity contribution in [3.05, 3.63) is 147 Å². The predicted molar refractivity (Wildman–Crippen MR) is 319 cm³/mol. The molecule has 7 rings (SSSR count). The number of rotatable bonds is 27. The highest BCUT2D eigenvalue weighted by atomic mass is 35.5. The zero-order valence-corrected chi connectivity index (χ0v) is 49.3. The molecule has 1 unspecified atom stereocenters. The summed E-state index contributed by atoms with van der Waals surface area (Å²) in [7, 11) is -3.23. The van der Waals surface area contributed by atoms with E-state index in [0.29, 0.717) is 88.2 Å². The molecule has 0 spiro atoms. The zero-order chi connectivity index (χ0) is 61.4. The first-order chi connectivity index (χ1) is 40.5. The normalized spacial score (nSPS) is 14.7. The van der Waals surface area contributed by atoms with Crippen LogP contribution in [0, 0.1) is 5.92 Å². The summed E-state index contributed by atoms with van der Waals surface area (Å²) in [4.78, 5) is 58.3. The van der Waals surface area contributed by atoms with Gasteiger partial charge in [0.2, 0.25) is 11.8 Å². The van der Waals surface area contributed by atoms with Crippen molar-refractivity contribution in [3.8, 4) is 16.9 Å². The number of benzene rings is 5. The number of piperidine rings is 1. The third-order valence-electron chi connectivity index (χ3n) is 15.4. The molecule has 5 aromatic carbocycles. The molecule has 0 saturated carbocycles. The highest BCUT2D eigenvalue weighted by Crippen LogP contribution is 2.57. The summed E-state index contributed by atoms with van der Waals surface area (Å²) in [5.74, 6) is -0.866. The maximum atomic E-state index is 13.8. The van der Waals surface area contributed by atoms with Gasteiger partial charge in [-0.25, -0.2) is 9.79 Å². The monoisotopic (exact) mass is 1230 g/mol. The summed E-state index contributed by atoms with van der Waals surface area (Å²) < 4.78 is 135. The molecule has 0 aliphatic carbocycles. The predicted octanol–water partition coefficient (Wildman–Crippen LogP) is 17.0. The van der Waals surface area contributed by atoms with Crippen molar-refractivity contribution in [2.75, 3.05) is 24.6 Å². The molecule has 1 aromatic heterocycles. The molecule has 1 aliphatic heterocycles. The molecule has 9 nitrogen and oxygen atoms in total. The Bertz CT molecular complexity index is 3140. The summed E-state index contributed by atoms with van der Waals surface area (Å²) in [6.45, 7) is 4.50. The number of halogens is 10. The van der Waals surface area contributed by atoms with Gasteiger partial charge in [-0.3, -0.25) is 14.4 Å². The highest BCUT2D eigenvalue weighted by Gasteiger charge is 2.47. The number of likely N-dealkylation sites (tertiary alicyclic amines) is 1. The molecule has 0 bridgehead atoms. The first kappa shape index (κ1) is 66.0. The smallest absolute Gasteiger partial charge is 0.416 e. The summed E-state index contributed by atoms with van der Waals surface area (Å²) in [6.07, 6.45) is 2.25. The van der Waals surface area contributed by atoms with Gasteiger partial charge in [0.25, 0.3) is 5.91 Å². The molecular formula is C65H71ClF9N3O6P+. The van der Waals surface area contributed by atoms with E-state index in [1.165, 1.54) is 106 Å². The van der Waals surface area contributed by atoms with Gasteiger partial charge in [-0.1, -0.05) is 88.8 Å². The average Bonchev–Trinajstić information content (AvgIpc) is 1.22.